The standard InChI is InChI=1S/C12H12N6O2/c13-11-16-9-8(10(19)18(11)14)15-12(17-9)20-6-7-4-2-1-3-5-7/h1-5H,6,14H2,(H2,13,16)(H,15,17). The molecule has 8 nitrogen and oxygen atoms in total. The number of benzene rings is 1. The summed E-state index contributed by atoms with van der Waals surface area (Å²) < 4.78 is 6.23. The van der Waals surface area contributed by atoms with Gasteiger partial charge in [-0.25, -0.2) is 0 Å². The van der Waals surface area contributed by atoms with Crippen LogP contribution in [0.25, 0.3) is 11.2 Å². The zero-order chi connectivity index (χ0) is 14.1. The lowest BCUT2D eigenvalue weighted by atomic mass is 10.2. The molecule has 5 N–H and O–H groups in total. The number of hydrogen-bond acceptors (Lipinski definition) is 6. The number of aromatic amines is 1. The normalized spacial score (nSPS) is 10.8. The van der Waals surface area contributed by atoms with E-state index >= 15 is 0 Å². The second kappa shape index (κ2) is 4.57. The number of ether oxygens (including phenoxy) is 1. The number of nitrogens with two attached hydrogens (primary N) is 2. The SMILES string of the molecule is Nc1nc2nc(OCc3ccccc3)[nH]c2c(=O)n1N. The van der Waals surface area contributed by atoms with Crippen LogP contribution in [0.3, 0.4) is 0 Å². The third-order valence-corrected chi connectivity index (χ3v) is 2.78. The Morgan fingerprint density at radius 3 is 2.75 bits per heavy atom. The third kappa shape index (κ3) is 2.03. The topological polar surface area (TPSA) is 125 Å². The monoisotopic (exact) mass is 272 g/mol. The minimum atomic E-state index is -0.505. The first kappa shape index (κ1) is 12.0. The Balaban J connectivity index is 1.90. The summed E-state index contributed by atoms with van der Waals surface area (Å²) in [6.45, 7) is 0.326. The molecule has 3 aromatic rings. The summed E-state index contributed by atoms with van der Waals surface area (Å²) in [5.74, 6) is 5.34. The smallest absolute Gasteiger partial charge is 0.299 e. The zero-order valence-electron chi connectivity index (χ0n) is 10.4. The molecule has 8 heteroatoms. The summed E-state index contributed by atoms with van der Waals surface area (Å²) in [6.07, 6.45) is 0. The largest absolute Gasteiger partial charge is 0.460 e. The zero-order valence-corrected chi connectivity index (χ0v) is 10.4. The Hall–Kier alpha value is -3.03. The summed E-state index contributed by atoms with van der Waals surface area (Å²) in [7, 11) is 0. The molecule has 102 valence electrons. The van der Waals surface area contributed by atoms with Crippen molar-refractivity contribution >= 4 is 17.1 Å². The van der Waals surface area contributed by atoms with E-state index in [1.807, 2.05) is 30.3 Å². The van der Waals surface area contributed by atoms with Gasteiger partial charge < -0.3 is 21.3 Å². The summed E-state index contributed by atoms with van der Waals surface area (Å²) in [6, 6.07) is 9.77. The highest BCUT2D eigenvalue weighted by molar-refractivity contribution is 5.71. The summed E-state index contributed by atoms with van der Waals surface area (Å²) in [5, 5.41) is 0. The molecule has 3 rings (SSSR count). The summed E-state index contributed by atoms with van der Waals surface area (Å²) in [5.41, 5.74) is 6.31. The van der Waals surface area contributed by atoms with Gasteiger partial charge in [-0.05, 0) is 5.56 Å². The van der Waals surface area contributed by atoms with Gasteiger partial charge in [0.15, 0.2) is 11.2 Å². The van der Waals surface area contributed by atoms with E-state index in [9.17, 15) is 4.79 Å². The lowest BCUT2D eigenvalue weighted by molar-refractivity contribution is 0.284. The highest BCUT2D eigenvalue weighted by Gasteiger charge is 2.12. The van der Waals surface area contributed by atoms with Gasteiger partial charge in [-0.1, -0.05) is 30.3 Å². The van der Waals surface area contributed by atoms with Crippen molar-refractivity contribution in [3.63, 3.8) is 0 Å². The fraction of sp³-hybridized carbons (Fsp3) is 0.0833. The second-order valence-corrected chi connectivity index (χ2v) is 4.16. The number of fused-ring (bicyclic) bond motifs is 1. The number of hydrogen-bond donors (Lipinski definition) is 3. The number of nitrogens with zero attached hydrogens (tertiary/aromatic N) is 3. The first-order chi connectivity index (χ1) is 9.65. The van der Waals surface area contributed by atoms with Crippen LogP contribution in [0.15, 0.2) is 35.1 Å². The van der Waals surface area contributed by atoms with Crippen LogP contribution in [-0.2, 0) is 6.61 Å². The van der Waals surface area contributed by atoms with Gasteiger partial charge in [0.05, 0.1) is 0 Å². The molecular weight excluding hydrogens is 260 g/mol. The molecule has 2 heterocycles. The van der Waals surface area contributed by atoms with Gasteiger partial charge in [0.25, 0.3) is 11.6 Å². The predicted molar refractivity (Wildman–Crippen MR) is 73.5 cm³/mol. The van der Waals surface area contributed by atoms with Crippen molar-refractivity contribution in [2.24, 2.45) is 0 Å². The van der Waals surface area contributed by atoms with Gasteiger partial charge in [0, 0.05) is 0 Å². The fourth-order valence-electron chi connectivity index (χ4n) is 1.75. The number of anilines is 1. The van der Waals surface area contributed by atoms with E-state index < -0.39 is 5.56 Å². The maximum Gasteiger partial charge on any atom is 0.299 e. The average Bonchev–Trinajstić information content (AvgIpc) is 2.87. The Kier molecular flexibility index (Phi) is 2.75. The molecule has 0 amide bonds. The van der Waals surface area contributed by atoms with Crippen LogP contribution in [0.2, 0.25) is 0 Å². The molecule has 0 aliphatic rings. The Morgan fingerprint density at radius 1 is 1.25 bits per heavy atom. The van der Waals surface area contributed by atoms with Crippen LogP contribution in [-0.4, -0.2) is 19.6 Å². The van der Waals surface area contributed by atoms with E-state index in [1.165, 1.54) is 0 Å². The quantitative estimate of drug-likeness (QED) is 0.576. The van der Waals surface area contributed by atoms with E-state index in [1.54, 1.807) is 0 Å². The van der Waals surface area contributed by atoms with Crippen molar-refractivity contribution in [2.45, 2.75) is 6.61 Å². The van der Waals surface area contributed by atoms with Crippen molar-refractivity contribution < 1.29 is 4.74 Å². The van der Waals surface area contributed by atoms with E-state index in [-0.39, 0.29) is 23.1 Å². The number of rotatable bonds is 3. The molecule has 0 spiro atoms. The van der Waals surface area contributed by atoms with Crippen molar-refractivity contribution in [3.8, 4) is 6.01 Å². The molecule has 0 saturated carbocycles. The van der Waals surface area contributed by atoms with Gasteiger partial charge in [0.2, 0.25) is 5.95 Å². The lowest BCUT2D eigenvalue weighted by Gasteiger charge is -2.01. The molecule has 0 atom stereocenters. The van der Waals surface area contributed by atoms with Crippen molar-refractivity contribution in [1.29, 1.82) is 0 Å². The molecule has 0 saturated heterocycles. The lowest BCUT2D eigenvalue weighted by Crippen LogP contribution is -2.30. The highest BCUT2D eigenvalue weighted by atomic mass is 16.5. The van der Waals surface area contributed by atoms with Gasteiger partial charge in [-0.15, -0.1) is 0 Å². The third-order valence-electron chi connectivity index (χ3n) is 2.78. The predicted octanol–water partition coefficient (Wildman–Crippen LogP) is -0.00540. The van der Waals surface area contributed by atoms with Crippen LogP contribution in [0.1, 0.15) is 5.56 Å². The van der Waals surface area contributed by atoms with Gasteiger partial charge in [0.1, 0.15) is 6.61 Å². The fourth-order valence-corrected chi connectivity index (χ4v) is 1.75. The maximum atomic E-state index is 11.8. The van der Waals surface area contributed by atoms with Gasteiger partial charge in [-0.2, -0.15) is 14.6 Å². The van der Waals surface area contributed by atoms with Crippen LogP contribution >= 0.6 is 0 Å². The first-order valence-electron chi connectivity index (χ1n) is 5.85. The summed E-state index contributed by atoms with van der Waals surface area (Å²) in [4.78, 5) is 22.5. The highest BCUT2D eigenvalue weighted by Crippen LogP contribution is 2.12. The number of nitrogens with one attached hydrogen (secondary N) is 1. The van der Waals surface area contributed by atoms with Crippen LogP contribution in [0.5, 0.6) is 6.01 Å². The van der Waals surface area contributed by atoms with Crippen LogP contribution < -0.4 is 21.9 Å². The molecule has 0 fully saturated rings. The molecule has 0 unspecified atom stereocenters. The van der Waals surface area contributed by atoms with E-state index in [2.05, 4.69) is 15.0 Å². The minimum absolute atomic E-state index is 0.108. The number of nitrogen functional groups attached to an aromatic ring is 2. The molecular formula is C12H12N6O2. The molecule has 0 bridgehead atoms. The van der Waals surface area contributed by atoms with Crippen molar-refractivity contribution in [1.82, 2.24) is 19.6 Å². The molecule has 0 aliphatic heterocycles. The molecule has 0 aliphatic carbocycles. The second-order valence-electron chi connectivity index (χ2n) is 4.16. The average molecular weight is 272 g/mol. The minimum Gasteiger partial charge on any atom is -0.460 e. The number of imidazole rings is 1. The Morgan fingerprint density at radius 2 is 2.00 bits per heavy atom. The van der Waals surface area contributed by atoms with Crippen molar-refractivity contribution in [2.75, 3.05) is 11.6 Å². The Bertz CT molecular complexity index is 808. The Labute approximate surface area is 113 Å². The van der Waals surface area contributed by atoms with Crippen LogP contribution in [0, 0.1) is 0 Å². The van der Waals surface area contributed by atoms with Crippen molar-refractivity contribution in [3.05, 3.63) is 46.2 Å². The maximum absolute atomic E-state index is 11.8. The van der Waals surface area contributed by atoms with Gasteiger partial charge >= 0.3 is 0 Å². The van der Waals surface area contributed by atoms with Crippen LogP contribution in [0.4, 0.5) is 5.95 Å². The first-order valence-corrected chi connectivity index (χ1v) is 5.85. The number of H-pyrrole nitrogens is 1. The van der Waals surface area contributed by atoms with Gasteiger partial charge in [-0.3, -0.25) is 4.79 Å². The molecule has 20 heavy (non-hydrogen) atoms. The summed E-state index contributed by atoms with van der Waals surface area (Å²) >= 11 is 0. The van der Waals surface area contributed by atoms with E-state index in [0.29, 0.717) is 6.61 Å². The molecule has 0 radical (unpaired) electrons. The van der Waals surface area contributed by atoms with E-state index in [4.69, 9.17) is 16.3 Å². The molecule has 2 aromatic heterocycles. The number of aromatic nitrogens is 4. The molecule has 1 aromatic carbocycles. The van der Waals surface area contributed by atoms with E-state index in [0.717, 1.165) is 10.2 Å².